The Morgan fingerprint density at radius 1 is 0.901 bits per heavy atom. The Labute approximate surface area is 485 Å². The molecule has 0 unspecified atom stereocenters. The highest BCUT2D eigenvalue weighted by Gasteiger charge is 2.72. The number of carbonyl (C=O) groups is 6. The van der Waals surface area contributed by atoms with E-state index in [1.54, 1.807) is 71.4 Å². The van der Waals surface area contributed by atoms with Gasteiger partial charge in [-0.3, -0.25) is 34.1 Å². The SMILES string of the molecule is Cc1ncsc1-c1ccc([C@H](C)NC(=O)[C@@H]2C[C@@H](O)CN2C(=O)[C@@H](NC(=O)CCOCCOCCCC(=O)c2ccc(NC(=O)[C@@H]3NC4(CCCCC4)[C@@]4(C(=O)Nc5cc(Cl)ccc54)[C@H]3c3cccc(Cl)c3F)cc2)C(C)(C)C)cc1. The molecule has 3 aliphatic heterocycles. The first-order valence-electron chi connectivity index (χ1n) is 27.7. The summed E-state index contributed by atoms with van der Waals surface area (Å²) in [5, 5.41) is 26.5. The van der Waals surface area contributed by atoms with Gasteiger partial charge in [-0.1, -0.05) is 106 Å². The third-order valence-corrected chi connectivity index (χ3v) is 17.9. The fraction of sp³-hybridized carbons (Fsp3) is 0.459. The monoisotopic (exact) mass is 1170 g/mol. The van der Waals surface area contributed by atoms with Gasteiger partial charge >= 0.3 is 0 Å². The number of benzene rings is 4. The Bertz CT molecular complexity index is 3150. The maximum atomic E-state index is 16.3. The van der Waals surface area contributed by atoms with Crippen molar-refractivity contribution in [1.82, 2.24) is 25.8 Å². The van der Waals surface area contributed by atoms with Crippen molar-refractivity contribution in [2.24, 2.45) is 5.41 Å². The number of rotatable bonds is 20. The van der Waals surface area contributed by atoms with Crippen LogP contribution in [0.1, 0.15) is 130 Å². The van der Waals surface area contributed by atoms with Gasteiger partial charge in [0.25, 0.3) is 0 Å². The van der Waals surface area contributed by atoms with Gasteiger partial charge in [0.05, 0.1) is 59.1 Å². The molecule has 2 spiro atoms. The van der Waals surface area contributed by atoms with Gasteiger partial charge in [-0.2, -0.15) is 0 Å². The second-order valence-corrected chi connectivity index (χ2v) is 24.5. The number of anilines is 2. The number of nitrogens with zero attached hydrogens (tertiary/aromatic N) is 2. The number of nitrogens with one attached hydrogen (secondary N) is 5. The molecule has 5 aromatic rings. The van der Waals surface area contributed by atoms with Crippen LogP contribution in [0.3, 0.4) is 0 Å². The Morgan fingerprint density at radius 2 is 1.62 bits per heavy atom. The maximum Gasteiger partial charge on any atom is 0.246 e. The largest absolute Gasteiger partial charge is 0.391 e. The van der Waals surface area contributed by atoms with Gasteiger partial charge in [0, 0.05) is 65.8 Å². The average molecular weight is 1170 g/mol. The Hall–Kier alpha value is -6.12. The van der Waals surface area contributed by atoms with Crippen LogP contribution in [0.5, 0.6) is 0 Å². The van der Waals surface area contributed by atoms with E-state index in [1.165, 1.54) is 11.0 Å². The quantitative estimate of drug-likeness (QED) is 0.0319. The van der Waals surface area contributed by atoms with E-state index in [9.17, 15) is 33.9 Å². The van der Waals surface area contributed by atoms with Crippen molar-refractivity contribution in [3.05, 3.63) is 134 Å². The van der Waals surface area contributed by atoms with Crippen LogP contribution < -0.4 is 26.6 Å². The highest BCUT2D eigenvalue weighted by Crippen LogP contribution is 2.63. The van der Waals surface area contributed by atoms with Crippen LogP contribution in [0.4, 0.5) is 15.8 Å². The summed E-state index contributed by atoms with van der Waals surface area (Å²) in [6, 6.07) is 21.0. The summed E-state index contributed by atoms with van der Waals surface area (Å²) in [5.74, 6) is -3.87. The molecule has 430 valence electrons. The number of likely N-dealkylation sites (tertiary alicyclic amines) is 1. The number of β-amino-alcohol motifs (C(OH)–C–C–N with tert-alkyl or cyclic N) is 1. The minimum Gasteiger partial charge on any atom is -0.391 e. The molecule has 3 fully saturated rings. The number of thiazole rings is 1. The number of aryl methyl sites for hydroxylation is 1. The molecule has 4 heterocycles. The lowest BCUT2D eigenvalue weighted by molar-refractivity contribution is -0.144. The van der Waals surface area contributed by atoms with Crippen molar-refractivity contribution in [2.45, 2.75) is 140 Å². The van der Waals surface area contributed by atoms with Crippen molar-refractivity contribution in [3.8, 4) is 10.4 Å². The molecule has 1 aliphatic carbocycles. The van der Waals surface area contributed by atoms with Gasteiger partial charge in [0.2, 0.25) is 29.5 Å². The second kappa shape index (κ2) is 25.2. The minimum absolute atomic E-state index is 0.0333. The molecule has 5 amide bonds. The van der Waals surface area contributed by atoms with Crippen LogP contribution in [0, 0.1) is 18.2 Å². The van der Waals surface area contributed by atoms with E-state index in [-0.39, 0.29) is 80.6 Å². The number of ether oxygens (including phenoxy) is 2. The number of fused-ring (bicyclic) bond motifs is 3. The second-order valence-electron chi connectivity index (χ2n) is 22.8. The highest BCUT2D eigenvalue weighted by molar-refractivity contribution is 7.13. The zero-order chi connectivity index (χ0) is 57.8. The molecule has 2 saturated heterocycles. The van der Waals surface area contributed by atoms with E-state index in [1.807, 2.05) is 58.9 Å². The third-order valence-electron chi connectivity index (χ3n) is 16.4. The van der Waals surface area contributed by atoms with Crippen molar-refractivity contribution in [1.29, 1.82) is 0 Å². The summed E-state index contributed by atoms with van der Waals surface area (Å²) in [7, 11) is 0. The van der Waals surface area contributed by atoms with Crippen LogP contribution in [0.2, 0.25) is 10.0 Å². The molecule has 7 atom stereocenters. The minimum atomic E-state index is -1.37. The predicted octanol–water partition coefficient (Wildman–Crippen LogP) is 9.61. The molecule has 81 heavy (non-hydrogen) atoms. The fourth-order valence-electron chi connectivity index (χ4n) is 12.4. The van der Waals surface area contributed by atoms with Crippen LogP contribution >= 0.6 is 34.5 Å². The van der Waals surface area contributed by atoms with E-state index in [2.05, 4.69) is 31.6 Å². The number of aliphatic hydroxyl groups is 1. The number of Topliss-reactive ketones (excluding diaryl/α,β-unsaturated/α-hetero) is 1. The number of halogens is 3. The summed E-state index contributed by atoms with van der Waals surface area (Å²) < 4.78 is 27.7. The van der Waals surface area contributed by atoms with E-state index in [0.717, 1.165) is 41.0 Å². The summed E-state index contributed by atoms with van der Waals surface area (Å²) in [6.07, 6.45) is 3.49. The fourth-order valence-corrected chi connectivity index (χ4v) is 13.6. The van der Waals surface area contributed by atoms with Gasteiger partial charge < -0.3 is 40.7 Å². The number of amides is 5. The lowest BCUT2D eigenvalue weighted by atomic mass is 9.55. The van der Waals surface area contributed by atoms with Crippen LogP contribution in [0.25, 0.3) is 10.4 Å². The molecular weight excluding hydrogens is 1100 g/mol. The van der Waals surface area contributed by atoms with Gasteiger partial charge in [-0.15, -0.1) is 11.3 Å². The highest BCUT2D eigenvalue weighted by atomic mass is 35.5. The van der Waals surface area contributed by atoms with Crippen LogP contribution in [-0.4, -0.2) is 113 Å². The Morgan fingerprint density at radius 3 is 2.31 bits per heavy atom. The summed E-state index contributed by atoms with van der Waals surface area (Å²) in [6.45, 7) is 10.0. The molecule has 4 aromatic carbocycles. The van der Waals surface area contributed by atoms with E-state index < -0.39 is 76.0 Å². The molecule has 4 aliphatic rings. The van der Waals surface area contributed by atoms with Crippen molar-refractivity contribution >= 4 is 81.2 Å². The first-order chi connectivity index (χ1) is 38.7. The zero-order valence-electron chi connectivity index (χ0n) is 46.2. The van der Waals surface area contributed by atoms with Gasteiger partial charge in [0.15, 0.2) is 5.78 Å². The molecule has 0 radical (unpaired) electrons. The first-order valence-corrected chi connectivity index (χ1v) is 29.4. The molecule has 20 heteroatoms. The van der Waals surface area contributed by atoms with Gasteiger partial charge in [-0.25, -0.2) is 9.37 Å². The van der Waals surface area contributed by atoms with Crippen LogP contribution in [0.15, 0.2) is 90.4 Å². The third kappa shape index (κ3) is 12.5. The topological polar surface area (TPSA) is 217 Å². The van der Waals surface area contributed by atoms with Crippen molar-refractivity contribution in [3.63, 3.8) is 0 Å². The standard InChI is InChI=1S/C61H70Cl2FN7O9S/c1-35(37-14-16-39(17-15-37)53-36(2)65-34-81-53)66-55(75)47-32-42(72)33-71(47)57(77)54(59(3,4)5)69-49(74)24-28-80-30-29-79-27-10-13-48(73)38-18-21-41(22-19-38)67-56(76)52-50(43-11-9-12-45(63)51(43)64)61(60(70-52)25-7-6-8-26-60)44-23-20-40(62)31-46(44)68-58(61)78/h9,11-12,14-23,31,34-35,42,47,50,52,54,70,72H,6-8,10,13,24-30,32-33H2,1-5H3,(H,66,75)(H,67,76)(H,68,78)(H,69,74)/t35-,42+,47-,50-,52+,54+,61+/m0/s1. The average Bonchev–Trinajstić information content (AvgIpc) is 3.40. The van der Waals surface area contributed by atoms with Gasteiger partial charge in [0.1, 0.15) is 23.3 Å². The van der Waals surface area contributed by atoms with E-state index in [4.69, 9.17) is 32.7 Å². The lowest BCUT2D eigenvalue weighted by Gasteiger charge is -2.47. The number of hydrogen-bond acceptors (Lipinski definition) is 12. The smallest absolute Gasteiger partial charge is 0.246 e. The summed E-state index contributed by atoms with van der Waals surface area (Å²) >= 11 is 14.4. The predicted molar refractivity (Wildman–Crippen MR) is 310 cm³/mol. The number of hydrogen-bond donors (Lipinski definition) is 6. The molecule has 16 nitrogen and oxygen atoms in total. The maximum absolute atomic E-state index is 16.3. The number of ketones is 1. The van der Waals surface area contributed by atoms with E-state index >= 15 is 4.39 Å². The molecule has 6 N–H and O–H groups in total. The summed E-state index contributed by atoms with van der Waals surface area (Å²) in [4.78, 5) is 90.3. The number of aliphatic hydroxyl groups excluding tert-OH is 1. The molecule has 1 aromatic heterocycles. The van der Waals surface area contributed by atoms with E-state index in [0.29, 0.717) is 46.8 Å². The lowest BCUT2D eigenvalue weighted by Crippen LogP contribution is -2.60. The van der Waals surface area contributed by atoms with Crippen LogP contribution in [-0.2, 0) is 38.9 Å². The summed E-state index contributed by atoms with van der Waals surface area (Å²) in [5.41, 5.74) is 3.86. The Kier molecular flexibility index (Phi) is 18.5. The molecule has 0 bridgehead atoms. The number of aromatic nitrogens is 1. The number of carbonyl (C=O) groups excluding carboxylic acids is 6. The first kappa shape index (κ1) is 59.5. The zero-order valence-corrected chi connectivity index (χ0v) is 48.5. The molecule has 9 rings (SSSR count). The normalized spacial score (nSPS) is 21.8. The Balaban J connectivity index is 0.715. The van der Waals surface area contributed by atoms with Gasteiger partial charge in [-0.05, 0) is 103 Å². The molecular formula is C61H70Cl2FN7O9S. The molecule has 1 saturated carbocycles. The van der Waals surface area contributed by atoms with Crippen molar-refractivity contribution < 1.29 is 47.7 Å². The van der Waals surface area contributed by atoms with Crippen molar-refractivity contribution in [2.75, 3.05) is 43.6 Å².